The number of carbonyl (C=O) groups is 4. The molecule has 1 aliphatic rings. The van der Waals surface area contributed by atoms with Crippen molar-refractivity contribution >= 4 is 23.9 Å². The lowest BCUT2D eigenvalue weighted by molar-refractivity contribution is -0.143. The number of rotatable bonds is 11. The molecule has 1 aromatic carbocycles. The molecule has 0 radical (unpaired) electrons. The second-order valence-corrected chi connectivity index (χ2v) is 10.1. The van der Waals surface area contributed by atoms with Crippen molar-refractivity contribution < 1.29 is 33.8 Å². The van der Waals surface area contributed by atoms with Crippen LogP contribution in [0.4, 0.5) is 4.79 Å². The van der Waals surface area contributed by atoms with E-state index in [9.17, 15) is 24.3 Å². The minimum atomic E-state index is -1.16. The molecular weight excluding hydrogens is 478 g/mol. The number of carboxylic acids is 1. The molecule has 0 aromatic heterocycles. The molecule has 0 saturated carbocycles. The number of hydrogen-bond acceptors (Lipinski definition) is 7. The van der Waals surface area contributed by atoms with Gasteiger partial charge in [0.15, 0.2) is 0 Å². The Morgan fingerprint density at radius 2 is 1.89 bits per heavy atom. The molecule has 1 saturated heterocycles. The van der Waals surface area contributed by atoms with Crippen LogP contribution in [0.1, 0.15) is 64.9 Å². The summed E-state index contributed by atoms with van der Waals surface area (Å²) < 4.78 is 10.3. The standard InChI is InChI=1S/C27H41N3O7/c1-6-27(14-7-8-15-30(4)17-27)19-10-9-11-20(16-19)37-25(34)21(28-26(35)36-5)12-13-22(31)29-23(18(2)3)24(32)33/h9-11,16,18,21,23H,6-8,12-15,17H2,1-5H3,(H,28,35)(H,29,31)(H,32,33)/t21-,23-,27?/m0/s1. The fourth-order valence-corrected chi connectivity index (χ4v) is 4.81. The highest BCUT2D eigenvalue weighted by Gasteiger charge is 2.34. The summed E-state index contributed by atoms with van der Waals surface area (Å²) in [5, 5.41) is 14.2. The summed E-state index contributed by atoms with van der Waals surface area (Å²) in [6, 6.07) is 5.27. The molecule has 2 rings (SSSR count). The third-order valence-corrected chi connectivity index (χ3v) is 7.03. The van der Waals surface area contributed by atoms with Crippen LogP contribution in [-0.4, -0.2) is 73.3 Å². The molecule has 10 nitrogen and oxygen atoms in total. The maximum Gasteiger partial charge on any atom is 0.407 e. The number of aliphatic carboxylic acids is 1. The zero-order valence-electron chi connectivity index (χ0n) is 22.5. The Hall–Kier alpha value is -3.14. The van der Waals surface area contributed by atoms with Gasteiger partial charge in [0.2, 0.25) is 5.91 Å². The number of methoxy groups -OCH3 is 1. The summed E-state index contributed by atoms with van der Waals surface area (Å²) >= 11 is 0. The number of likely N-dealkylation sites (N-methyl/N-ethyl adjacent to an activating group) is 1. The summed E-state index contributed by atoms with van der Waals surface area (Å²) in [5.74, 6) is -2.39. The van der Waals surface area contributed by atoms with E-state index in [0.29, 0.717) is 5.75 Å². The van der Waals surface area contributed by atoms with Crippen LogP contribution in [0.3, 0.4) is 0 Å². The van der Waals surface area contributed by atoms with E-state index < -0.39 is 36.0 Å². The molecule has 3 atom stereocenters. The van der Waals surface area contributed by atoms with Gasteiger partial charge in [0.1, 0.15) is 17.8 Å². The van der Waals surface area contributed by atoms with Gasteiger partial charge in [-0.1, -0.05) is 39.3 Å². The number of alkyl carbamates (subject to hydrolysis) is 1. The average molecular weight is 520 g/mol. The van der Waals surface area contributed by atoms with E-state index in [0.717, 1.165) is 44.3 Å². The number of amides is 2. The van der Waals surface area contributed by atoms with Crippen LogP contribution in [0.5, 0.6) is 5.75 Å². The lowest BCUT2D eigenvalue weighted by Crippen LogP contribution is -2.46. The predicted octanol–water partition coefficient (Wildman–Crippen LogP) is 3.09. The van der Waals surface area contributed by atoms with Gasteiger partial charge in [-0.15, -0.1) is 0 Å². The topological polar surface area (TPSA) is 134 Å². The summed E-state index contributed by atoms with van der Waals surface area (Å²) in [5.41, 5.74) is 1.05. The van der Waals surface area contributed by atoms with Crippen molar-refractivity contribution in [2.45, 2.75) is 76.8 Å². The molecule has 1 unspecified atom stereocenters. The fourth-order valence-electron chi connectivity index (χ4n) is 4.81. The Bertz CT molecular complexity index is 952. The smallest absolute Gasteiger partial charge is 0.407 e. The highest BCUT2D eigenvalue weighted by molar-refractivity contribution is 5.86. The molecule has 2 amide bonds. The van der Waals surface area contributed by atoms with Crippen molar-refractivity contribution in [1.29, 1.82) is 0 Å². The van der Waals surface area contributed by atoms with Crippen molar-refractivity contribution in [2.75, 3.05) is 27.2 Å². The number of likely N-dealkylation sites (tertiary alicyclic amines) is 1. The second kappa shape index (κ2) is 14.0. The van der Waals surface area contributed by atoms with Gasteiger partial charge in [-0.3, -0.25) is 4.79 Å². The summed E-state index contributed by atoms with van der Waals surface area (Å²) in [4.78, 5) is 51.0. The van der Waals surface area contributed by atoms with E-state index >= 15 is 0 Å². The van der Waals surface area contributed by atoms with Crippen LogP contribution in [0, 0.1) is 5.92 Å². The molecule has 10 heteroatoms. The average Bonchev–Trinajstić information content (AvgIpc) is 3.06. The molecule has 206 valence electrons. The first kappa shape index (κ1) is 30.1. The lowest BCUT2D eigenvalue weighted by atomic mass is 9.74. The van der Waals surface area contributed by atoms with Gasteiger partial charge in [-0.05, 0) is 62.9 Å². The number of ether oxygens (including phenoxy) is 2. The van der Waals surface area contributed by atoms with Gasteiger partial charge in [-0.25, -0.2) is 14.4 Å². The molecule has 1 aromatic rings. The number of nitrogens with one attached hydrogen (secondary N) is 2. The molecular formula is C27H41N3O7. The number of carboxylic acid groups (broad SMARTS) is 1. The Morgan fingerprint density at radius 1 is 1.16 bits per heavy atom. The van der Waals surface area contributed by atoms with Gasteiger partial charge in [0.25, 0.3) is 0 Å². The zero-order valence-corrected chi connectivity index (χ0v) is 22.5. The third-order valence-electron chi connectivity index (χ3n) is 7.03. The molecule has 1 aliphatic heterocycles. The van der Waals surface area contributed by atoms with Crippen molar-refractivity contribution in [3.05, 3.63) is 29.8 Å². The summed E-state index contributed by atoms with van der Waals surface area (Å²) in [6.45, 7) is 7.50. The van der Waals surface area contributed by atoms with Gasteiger partial charge in [0.05, 0.1) is 7.11 Å². The van der Waals surface area contributed by atoms with Crippen molar-refractivity contribution in [2.24, 2.45) is 5.92 Å². The fraction of sp³-hybridized carbons (Fsp3) is 0.630. The van der Waals surface area contributed by atoms with Crippen LogP contribution >= 0.6 is 0 Å². The number of esters is 1. The first-order valence-electron chi connectivity index (χ1n) is 12.9. The van der Waals surface area contributed by atoms with E-state index in [4.69, 9.17) is 4.74 Å². The SMILES string of the molecule is CCC1(c2cccc(OC(=O)[C@H](CCC(=O)N[C@H](C(=O)O)C(C)C)NC(=O)OC)c2)CCCCN(C)C1. The number of hydrogen-bond donors (Lipinski definition) is 3. The highest BCUT2D eigenvalue weighted by Crippen LogP contribution is 2.37. The maximum absolute atomic E-state index is 13.0. The summed E-state index contributed by atoms with van der Waals surface area (Å²) in [6.07, 6.45) is 3.14. The Labute approximate surface area is 219 Å². The van der Waals surface area contributed by atoms with Gasteiger partial charge < -0.3 is 30.1 Å². The van der Waals surface area contributed by atoms with Crippen LogP contribution in [-0.2, 0) is 24.5 Å². The van der Waals surface area contributed by atoms with E-state index in [1.54, 1.807) is 19.9 Å². The van der Waals surface area contributed by atoms with E-state index in [1.165, 1.54) is 7.11 Å². The molecule has 1 fully saturated rings. The van der Waals surface area contributed by atoms with Gasteiger partial charge in [-0.2, -0.15) is 0 Å². The highest BCUT2D eigenvalue weighted by atomic mass is 16.5. The van der Waals surface area contributed by atoms with Gasteiger partial charge in [0, 0.05) is 18.4 Å². The van der Waals surface area contributed by atoms with Crippen LogP contribution < -0.4 is 15.4 Å². The van der Waals surface area contributed by atoms with E-state index in [1.807, 2.05) is 12.1 Å². The quantitative estimate of drug-likeness (QED) is 0.300. The molecule has 1 heterocycles. The van der Waals surface area contributed by atoms with Crippen molar-refractivity contribution in [3.63, 3.8) is 0 Å². The number of carbonyl (C=O) groups excluding carboxylic acids is 3. The first-order valence-corrected chi connectivity index (χ1v) is 12.9. The first-order chi connectivity index (χ1) is 17.5. The Balaban J connectivity index is 2.15. The van der Waals surface area contributed by atoms with Crippen LogP contribution in [0.25, 0.3) is 0 Å². The Morgan fingerprint density at radius 3 is 2.51 bits per heavy atom. The van der Waals surface area contributed by atoms with Crippen molar-refractivity contribution in [3.8, 4) is 5.75 Å². The molecule has 0 bridgehead atoms. The second-order valence-electron chi connectivity index (χ2n) is 10.1. The van der Waals surface area contributed by atoms with Crippen molar-refractivity contribution in [1.82, 2.24) is 15.5 Å². The van der Waals surface area contributed by atoms with Crippen LogP contribution in [0.15, 0.2) is 24.3 Å². The maximum atomic E-state index is 13.0. The monoisotopic (exact) mass is 519 g/mol. The van der Waals surface area contributed by atoms with E-state index in [2.05, 4.69) is 40.3 Å². The number of nitrogens with zero attached hydrogens (tertiary/aromatic N) is 1. The normalized spacial score (nSPS) is 19.8. The molecule has 0 aliphatic carbocycles. The number of benzene rings is 1. The van der Waals surface area contributed by atoms with E-state index in [-0.39, 0.29) is 24.2 Å². The Kier molecular flexibility index (Phi) is 11.4. The third kappa shape index (κ3) is 8.73. The zero-order chi connectivity index (χ0) is 27.6. The summed E-state index contributed by atoms with van der Waals surface area (Å²) in [7, 11) is 3.29. The minimum absolute atomic E-state index is 0.0491. The van der Waals surface area contributed by atoms with Crippen LogP contribution in [0.2, 0.25) is 0 Å². The molecule has 3 N–H and O–H groups in total. The largest absolute Gasteiger partial charge is 0.480 e. The lowest BCUT2D eigenvalue weighted by Gasteiger charge is -2.35. The predicted molar refractivity (Wildman–Crippen MR) is 138 cm³/mol. The molecule has 0 spiro atoms. The molecule has 37 heavy (non-hydrogen) atoms. The minimum Gasteiger partial charge on any atom is -0.480 e. The van der Waals surface area contributed by atoms with Gasteiger partial charge >= 0.3 is 18.0 Å².